The lowest BCUT2D eigenvalue weighted by Gasteiger charge is -2.11. The van der Waals surface area contributed by atoms with Crippen LogP contribution in [0.5, 0.6) is 5.75 Å². The zero-order valence-electron chi connectivity index (χ0n) is 14.6. The molecule has 0 spiro atoms. The van der Waals surface area contributed by atoms with Crippen LogP contribution in [0.1, 0.15) is 24.3 Å². The molecule has 26 heavy (non-hydrogen) atoms. The van der Waals surface area contributed by atoms with Crippen LogP contribution in [0.25, 0.3) is 0 Å². The Balaban J connectivity index is 1.67. The number of aromatic nitrogens is 2. The first-order chi connectivity index (χ1) is 12.6. The Hall–Kier alpha value is -3.41. The van der Waals surface area contributed by atoms with E-state index in [1.54, 1.807) is 24.4 Å². The van der Waals surface area contributed by atoms with E-state index in [1.165, 1.54) is 0 Å². The molecule has 3 aromatic rings. The summed E-state index contributed by atoms with van der Waals surface area (Å²) in [6.45, 7) is 3.93. The molecule has 2 N–H and O–H groups in total. The van der Waals surface area contributed by atoms with E-state index in [4.69, 9.17) is 4.74 Å². The molecule has 0 aliphatic carbocycles. The van der Waals surface area contributed by atoms with E-state index in [1.807, 2.05) is 56.3 Å². The highest BCUT2D eigenvalue weighted by Gasteiger charge is 2.10. The number of hydrogen-bond donors (Lipinski definition) is 2. The second-order valence-electron chi connectivity index (χ2n) is 5.90. The summed E-state index contributed by atoms with van der Waals surface area (Å²) in [5, 5.41) is 5.89. The molecule has 132 valence electrons. The number of nitrogens with one attached hydrogen (secondary N) is 2. The van der Waals surface area contributed by atoms with Gasteiger partial charge in [-0.15, -0.1) is 0 Å². The molecule has 3 rings (SSSR count). The number of carbonyl (C=O) groups excluding carboxylic acids is 1. The minimum absolute atomic E-state index is 0.104. The van der Waals surface area contributed by atoms with Crippen LogP contribution >= 0.6 is 0 Å². The highest BCUT2D eigenvalue weighted by molar-refractivity contribution is 6.03. The van der Waals surface area contributed by atoms with Gasteiger partial charge in [-0.1, -0.05) is 18.2 Å². The normalized spacial score (nSPS) is 10.4. The Morgan fingerprint density at radius 1 is 0.962 bits per heavy atom. The maximum absolute atomic E-state index is 12.4. The van der Waals surface area contributed by atoms with Gasteiger partial charge in [-0.2, -0.15) is 0 Å². The largest absolute Gasteiger partial charge is 0.491 e. The topological polar surface area (TPSA) is 76.1 Å². The number of para-hydroxylation sites is 1. The molecule has 1 aromatic heterocycles. The zero-order chi connectivity index (χ0) is 18.4. The molecule has 0 aliphatic heterocycles. The van der Waals surface area contributed by atoms with Gasteiger partial charge in [0.2, 0.25) is 5.95 Å². The summed E-state index contributed by atoms with van der Waals surface area (Å²) in [5.41, 5.74) is 1.80. The Labute approximate surface area is 152 Å². The molecule has 1 heterocycles. The van der Waals surface area contributed by atoms with Crippen LogP contribution in [0.3, 0.4) is 0 Å². The lowest BCUT2D eigenvalue weighted by molar-refractivity contribution is 0.102. The van der Waals surface area contributed by atoms with Crippen LogP contribution in [-0.4, -0.2) is 22.0 Å². The number of anilines is 3. The molecular weight excluding hydrogens is 328 g/mol. The van der Waals surface area contributed by atoms with Crippen LogP contribution in [-0.2, 0) is 0 Å². The fourth-order valence-corrected chi connectivity index (χ4v) is 2.28. The van der Waals surface area contributed by atoms with Crippen molar-refractivity contribution in [3.8, 4) is 5.75 Å². The van der Waals surface area contributed by atoms with Gasteiger partial charge in [-0.05, 0) is 56.3 Å². The van der Waals surface area contributed by atoms with Gasteiger partial charge in [-0.25, -0.2) is 9.97 Å². The number of ether oxygens (including phenoxy) is 1. The number of hydrogen-bond acceptors (Lipinski definition) is 5. The SMILES string of the molecule is CC(C)Oc1ccc(NC(=O)c2ccnc(Nc3ccccc3)n2)cc1. The van der Waals surface area contributed by atoms with E-state index < -0.39 is 0 Å². The maximum Gasteiger partial charge on any atom is 0.274 e. The van der Waals surface area contributed by atoms with Crippen molar-refractivity contribution in [1.82, 2.24) is 9.97 Å². The molecule has 0 saturated heterocycles. The molecule has 0 unspecified atom stereocenters. The van der Waals surface area contributed by atoms with Gasteiger partial charge in [0.1, 0.15) is 11.4 Å². The first kappa shape index (κ1) is 17.4. The zero-order valence-corrected chi connectivity index (χ0v) is 14.6. The van der Waals surface area contributed by atoms with Gasteiger partial charge < -0.3 is 15.4 Å². The number of rotatable bonds is 6. The van der Waals surface area contributed by atoms with Gasteiger partial charge in [0.15, 0.2) is 0 Å². The maximum atomic E-state index is 12.4. The minimum atomic E-state index is -0.305. The molecule has 2 aromatic carbocycles. The summed E-state index contributed by atoms with van der Waals surface area (Å²) in [4.78, 5) is 20.8. The van der Waals surface area contributed by atoms with Crippen molar-refractivity contribution in [3.63, 3.8) is 0 Å². The summed E-state index contributed by atoms with van der Waals surface area (Å²) in [6.07, 6.45) is 1.65. The molecule has 0 fully saturated rings. The highest BCUT2D eigenvalue weighted by Crippen LogP contribution is 2.18. The first-order valence-corrected chi connectivity index (χ1v) is 8.33. The number of carbonyl (C=O) groups is 1. The molecule has 6 nitrogen and oxygen atoms in total. The van der Waals surface area contributed by atoms with Gasteiger partial charge >= 0.3 is 0 Å². The predicted molar refractivity (Wildman–Crippen MR) is 102 cm³/mol. The molecule has 0 bridgehead atoms. The third-order valence-corrected chi connectivity index (χ3v) is 3.40. The molecule has 0 saturated carbocycles. The van der Waals surface area contributed by atoms with Gasteiger partial charge in [0.05, 0.1) is 6.10 Å². The third-order valence-electron chi connectivity index (χ3n) is 3.40. The van der Waals surface area contributed by atoms with E-state index in [0.29, 0.717) is 11.6 Å². The molecule has 0 atom stereocenters. The van der Waals surface area contributed by atoms with E-state index in [2.05, 4.69) is 20.6 Å². The predicted octanol–water partition coefficient (Wildman–Crippen LogP) is 4.26. The fraction of sp³-hybridized carbons (Fsp3) is 0.150. The first-order valence-electron chi connectivity index (χ1n) is 8.33. The molecule has 6 heteroatoms. The quantitative estimate of drug-likeness (QED) is 0.696. The Morgan fingerprint density at radius 2 is 1.69 bits per heavy atom. The van der Waals surface area contributed by atoms with Gasteiger partial charge in [0, 0.05) is 17.6 Å². The lowest BCUT2D eigenvalue weighted by atomic mass is 10.3. The molecule has 0 aliphatic rings. The molecule has 0 radical (unpaired) electrons. The summed E-state index contributed by atoms with van der Waals surface area (Å²) in [6, 6.07) is 18.3. The van der Waals surface area contributed by atoms with Crippen LogP contribution in [0.15, 0.2) is 66.9 Å². The highest BCUT2D eigenvalue weighted by atomic mass is 16.5. The van der Waals surface area contributed by atoms with E-state index in [-0.39, 0.29) is 17.7 Å². The van der Waals surface area contributed by atoms with Crippen LogP contribution in [0.4, 0.5) is 17.3 Å². The second kappa shape index (κ2) is 8.11. The Bertz CT molecular complexity index is 864. The number of benzene rings is 2. The molecular formula is C20H20N4O2. The van der Waals surface area contributed by atoms with Crippen molar-refractivity contribution >= 4 is 23.2 Å². The Morgan fingerprint density at radius 3 is 2.38 bits per heavy atom. The summed E-state index contributed by atoms with van der Waals surface area (Å²) in [7, 11) is 0. The van der Waals surface area contributed by atoms with E-state index >= 15 is 0 Å². The third kappa shape index (κ3) is 4.80. The average Bonchev–Trinajstić information content (AvgIpc) is 2.64. The van der Waals surface area contributed by atoms with Gasteiger partial charge in [0.25, 0.3) is 5.91 Å². The summed E-state index contributed by atoms with van der Waals surface area (Å²) in [5.74, 6) is 0.819. The van der Waals surface area contributed by atoms with E-state index in [9.17, 15) is 4.79 Å². The minimum Gasteiger partial charge on any atom is -0.491 e. The lowest BCUT2D eigenvalue weighted by Crippen LogP contribution is -2.14. The fourth-order valence-electron chi connectivity index (χ4n) is 2.28. The monoisotopic (exact) mass is 348 g/mol. The number of amides is 1. The second-order valence-corrected chi connectivity index (χ2v) is 5.90. The van der Waals surface area contributed by atoms with Crippen molar-refractivity contribution in [3.05, 3.63) is 72.6 Å². The van der Waals surface area contributed by atoms with Crippen molar-refractivity contribution in [2.24, 2.45) is 0 Å². The van der Waals surface area contributed by atoms with Crippen molar-refractivity contribution in [2.45, 2.75) is 20.0 Å². The van der Waals surface area contributed by atoms with Crippen molar-refractivity contribution in [1.29, 1.82) is 0 Å². The molecule has 1 amide bonds. The summed E-state index contributed by atoms with van der Waals surface area (Å²) >= 11 is 0. The standard InChI is InChI=1S/C20H20N4O2/c1-14(2)26-17-10-8-16(9-11-17)22-19(25)18-12-13-21-20(24-18)23-15-6-4-3-5-7-15/h3-14H,1-2H3,(H,22,25)(H,21,23,24). The number of nitrogens with zero attached hydrogens (tertiary/aromatic N) is 2. The van der Waals surface area contributed by atoms with Crippen molar-refractivity contribution in [2.75, 3.05) is 10.6 Å². The van der Waals surface area contributed by atoms with Gasteiger partial charge in [-0.3, -0.25) is 4.79 Å². The average molecular weight is 348 g/mol. The van der Waals surface area contributed by atoms with Crippen LogP contribution in [0.2, 0.25) is 0 Å². The van der Waals surface area contributed by atoms with Crippen molar-refractivity contribution < 1.29 is 9.53 Å². The van der Waals surface area contributed by atoms with Crippen LogP contribution in [0, 0.1) is 0 Å². The van der Waals surface area contributed by atoms with E-state index in [0.717, 1.165) is 11.4 Å². The Kier molecular flexibility index (Phi) is 5.43. The smallest absolute Gasteiger partial charge is 0.274 e. The van der Waals surface area contributed by atoms with Crippen LogP contribution < -0.4 is 15.4 Å². The summed E-state index contributed by atoms with van der Waals surface area (Å²) < 4.78 is 5.59.